The number of hydrogen-bond donors (Lipinski definition) is 1. The predicted octanol–water partition coefficient (Wildman–Crippen LogP) is 1.32. The van der Waals surface area contributed by atoms with Gasteiger partial charge in [-0.15, -0.1) is 0 Å². The summed E-state index contributed by atoms with van der Waals surface area (Å²) in [5.74, 6) is 0.195. The van der Waals surface area contributed by atoms with Gasteiger partial charge in [-0.25, -0.2) is 4.39 Å². The summed E-state index contributed by atoms with van der Waals surface area (Å²) in [6.07, 6.45) is 1.40. The molecule has 1 aromatic carbocycles. The molecule has 0 aliphatic carbocycles. The minimum atomic E-state index is -0.278. The van der Waals surface area contributed by atoms with Gasteiger partial charge >= 0.3 is 0 Å². The summed E-state index contributed by atoms with van der Waals surface area (Å²) in [6.45, 7) is 2.56. The topological polar surface area (TPSA) is 32.3 Å². The molecule has 1 amide bonds. The molecule has 0 bridgehead atoms. The maximum absolute atomic E-state index is 13.8. The Labute approximate surface area is 99.6 Å². The van der Waals surface area contributed by atoms with Gasteiger partial charge in [-0.05, 0) is 37.1 Å². The fourth-order valence-electron chi connectivity index (χ4n) is 2.71. The molecule has 1 unspecified atom stereocenters. The first-order chi connectivity index (χ1) is 8.25. The Hall–Kier alpha value is -1.42. The molecule has 0 aromatic heterocycles. The first-order valence-corrected chi connectivity index (χ1v) is 6.04. The van der Waals surface area contributed by atoms with Gasteiger partial charge < -0.3 is 10.2 Å². The van der Waals surface area contributed by atoms with Crippen LogP contribution in [-0.2, 0) is 11.2 Å². The van der Waals surface area contributed by atoms with Crippen molar-refractivity contribution in [2.75, 3.05) is 24.5 Å². The third-order valence-electron chi connectivity index (χ3n) is 3.59. The molecule has 2 aliphatic rings. The molecule has 17 heavy (non-hydrogen) atoms. The molecule has 0 saturated carbocycles. The fourth-order valence-corrected chi connectivity index (χ4v) is 2.71. The van der Waals surface area contributed by atoms with E-state index in [0.29, 0.717) is 24.6 Å². The molecule has 2 heterocycles. The first-order valence-electron chi connectivity index (χ1n) is 6.04. The average molecular weight is 234 g/mol. The first kappa shape index (κ1) is 10.7. The van der Waals surface area contributed by atoms with Crippen LogP contribution in [0.1, 0.15) is 12.0 Å². The molecule has 90 valence electrons. The van der Waals surface area contributed by atoms with E-state index < -0.39 is 0 Å². The quantitative estimate of drug-likeness (QED) is 0.837. The minimum absolute atomic E-state index is 0.0250. The summed E-state index contributed by atoms with van der Waals surface area (Å²) < 4.78 is 13.8. The van der Waals surface area contributed by atoms with Gasteiger partial charge in [0.15, 0.2) is 0 Å². The van der Waals surface area contributed by atoms with Crippen molar-refractivity contribution in [3.8, 4) is 0 Å². The lowest BCUT2D eigenvalue weighted by Crippen LogP contribution is -2.33. The number of rotatable bonds is 2. The maximum atomic E-state index is 13.8. The van der Waals surface area contributed by atoms with Crippen LogP contribution in [0, 0.1) is 11.7 Å². The summed E-state index contributed by atoms with van der Waals surface area (Å²) in [6, 6.07) is 4.93. The van der Waals surface area contributed by atoms with Crippen LogP contribution in [0.4, 0.5) is 10.1 Å². The lowest BCUT2D eigenvalue weighted by Gasteiger charge is -2.21. The van der Waals surface area contributed by atoms with Crippen LogP contribution in [0.25, 0.3) is 0 Å². The molecular formula is C13H15FN2O. The van der Waals surface area contributed by atoms with Gasteiger partial charge in [0.1, 0.15) is 5.82 Å². The molecule has 3 rings (SSSR count). The third kappa shape index (κ3) is 1.82. The number of hydrogen-bond acceptors (Lipinski definition) is 2. The number of amides is 1. The molecule has 1 aromatic rings. The van der Waals surface area contributed by atoms with Crippen molar-refractivity contribution >= 4 is 11.6 Å². The number of anilines is 1. The maximum Gasteiger partial charge on any atom is 0.231 e. The smallest absolute Gasteiger partial charge is 0.231 e. The Morgan fingerprint density at radius 1 is 1.47 bits per heavy atom. The molecule has 1 atom stereocenters. The highest BCUT2D eigenvalue weighted by atomic mass is 19.1. The second-order valence-corrected chi connectivity index (χ2v) is 4.79. The van der Waals surface area contributed by atoms with Crippen LogP contribution in [0.2, 0.25) is 0 Å². The van der Waals surface area contributed by atoms with E-state index in [1.165, 1.54) is 6.07 Å². The molecule has 0 spiro atoms. The molecule has 1 fully saturated rings. The highest BCUT2D eigenvalue weighted by molar-refractivity contribution is 6.01. The number of carbonyl (C=O) groups excluding carboxylic acids is 1. The molecule has 1 N–H and O–H groups in total. The Kier molecular flexibility index (Phi) is 2.59. The van der Waals surface area contributed by atoms with Crippen LogP contribution in [0.5, 0.6) is 0 Å². The molecular weight excluding hydrogens is 219 g/mol. The number of benzene rings is 1. The van der Waals surface area contributed by atoms with Crippen LogP contribution in [0.3, 0.4) is 0 Å². The molecule has 2 aliphatic heterocycles. The van der Waals surface area contributed by atoms with E-state index in [0.717, 1.165) is 25.1 Å². The van der Waals surface area contributed by atoms with Gasteiger partial charge in [-0.2, -0.15) is 0 Å². The monoisotopic (exact) mass is 234 g/mol. The van der Waals surface area contributed by atoms with E-state index >= 15 is 0 Å². The number of para-hydroxylation sites is 1. The number of fused-ring (bicyclic) bond motifs is 1. The number of halogens is 1. The van der Waals surface area contributed by atoms with Gasteiger partial charge in [0.2, 0.25) is 5.91 Å². The standard InChI is InChI=1S/C13H15FN2O/c14-11-3-1-2-10-6-12(17)16(13(10)11)8-9-4-5-15-7-9/h1-3,9,15H,4-8H2. The largest absolute Gasteiger partial charge is 0.316 e. The van der Waals surface area contributed by atoms with E-state index in [2.05, 4.69) is 5.32 Å². The summed E-state index contributed by atoms with van der Waals surface area (Å²) in [4.78, 5) is 13.5. The Balaban J connectivity index is 1.88. The fraction of sp³-hybridized carbons (Fsp3) is 0.462. The molecule has 4 heteroatoms. The Morgan fingerprint density at radius 2 is 2.35 bits per heavy atom. The predicted molar refractivity (Wildman–Crippen MR) is 63.4 cm³/mol. The van der Waals surface area contributed by atoms with E-state index in [9.17, 15) is 9.18 Å². The summed E-state index contributed by atoms with van der Waals surface area (Å²) in [7, 11) is 0. The van der Waals surface area contributed by atoms with Crippen LogP contribution in [0.15, 0.2) is 18.2 Å². The van der Waals surface area contributed by atoms with Crippen molar-refractivity contribution in [3.05, 3.63) is 29.6 Å². The lowest BCUT2D eigenvalue weighted by atomic mass is 10.1. The molecule has 1 saturated heterocycles. The van der Waals surface area contributed by atoms with Gasteiger partial charge in [-0.3, -0.25) is 4.79 Å². The van der Waals surface area contributed by atoms with Crippen molar-refractivity contribution in [1.82, 2.24) is 5.32 Å². The van der Waals surface area contributed by atoms with Crippen molar-refractivity contribution in [1.29, 1.82) is 0 Å². The average Bonchev–Trinajstić information content (AvgIpc) is 2.89. The zero-order valence-electron chi connectivity index (χ0n) is 9.58. The highest BCUT2D eigenvalue weighted by Crippen LogP contribution is 2.32. The number of nitrogens with one attached hydrogen (secondary N) is 1. The minimum Gasteiger partial charge on any atom is -0.316 e. The Bertz CT molecular complexity index is 455. The van der Waals surface area contributed by atoms with E-state index in [4.69, 9.17) is 0 Å². The zero-order valence-corrected chi connectivity index (χ0v) is 9.58. The molecule has 0 radical (unpaired) electrons. The van der Waals surface area contributed by atoms with E-state index in [1.807, 2.05) is 6.07 Å². The summed E-state index contributed by atoms with van der Waals surface area (Å²) in [5, 5.41) is 3.27. The van der Waals surface area contributed by atoms with Gasteiger partial charge in [0, 0.05) is 6.54 Å². The van der Waals surface area contributed by atoms with Crippen molar-refractivity contribution in [3.63, 3.8) is 0 Å². The Morgan fingerprint density at radius 3 is 3.12 bits per heavy atom. The second-order valence-electron chi connectivity index (χ2n) is 4.79. The van der Waals surface area contributed by atoms with Gasteiger partial charge in [0.25, 0.3) is 0 Å². The second kappa shape index (κ2) is 4.11. The zero-order chi connectivity index (χ0) is 11.8. The van der Waals surface area contributed by atoms with Gasteiger partial charge in [0.05, 0.1) is 12.1 Å². The van der Waals surface area contributed by atoms with Gasteiger partial charge in [-0.1, -0.05) is 12.1 Å². The van der Waals surface area contributed by atoms with E-state index in [-0.39, 0.29) is 11.7 Å². The summed E-state index contributed by atoms with van der Waals surface area (Å²) in [5.41, 5.74) is 1.32. The van der Waals surface area contributed by atoms with E-state index in [1.54, 1.807) is 11.0 Å². The molecule has 3 nitrogen and oxygen atoms in total. The number of nitrogens with zero attached hydrogens (tertiary/aromatic N) is 1. The van der Waals surface area contributed by atoms with Crippen molar-refractivity contribution in [2.45, 2.75) is 12.8 Å². The third-order valence-corrected chi connectivity index (χ3v) is 3.59. The van der Waals surface area contributed by atoms with Crippen LogP contribution < -0.4 is 10.2 Å². The SMILES string of the molecule is O=C1Cc2cccc(F)c2N1CC1CCNC1. The normalized spacial score (nSPS) is 23.2. The van der Waals surface area contributed by atoms with Crippen LogP contribution >= 0.6 is 0 Å². The lowest BCUT2D eigenvalue weighted by molar-refractivity contribution is -0.117. The number of carbonyl (C=O) groups is 1. The van der Waals surface area contributed by atoms with Crippen LogP contribution in [-0.4, -0.2) is 25.5 Å². The van der Waals surface area contributed by atoms with Crippen molar-refractivity contribution < 1.29 is 9.18 Å². The highest BCUT2D eigenvalue weighted by Gasteiger charge is 2.32. The van der Waals surface area contributed by atoms with Crippen molar-refractivity contribution in [2.24, 2.45) is 5.92 Å². The summed E-state index contributed by atoms with van der Waals surface area (Å²) >= 11 is 0.